The molecule has 0 bridgehead atoms. The van der Waals surface area contributed by atoms with Gasteiger partial charge in [-0.05, 0) is 37.5 Å². The summed E-state index contributed by atoms with van der Waals surface area (Å²) in [5.41, 5.74) is 0. The average molecular weight is 508 g/mol. The third-order valence-electron chi connectivity index (χ3n) is 1.85. The monoisotopic (exact) mass is 508 g/mol. The molecule has 0 aromatic heterocycles. The molecule has 0 radical (unpaired) electrons. The van der Waals surface area contributed by atoms with Crippen molar-refractivity contribution in [3.05, 3.63) is 0 Å². The van der Waals surface area contributed by atoms with Gasteiger partial charge in [0.15, 0.2) is 0 Å². The molecule has 0 fully saturated rings. The van der Waals surface area contributed by atoms with Crippen molar-refractivity contribution >= 4 is 51.3 Å². The van der Waals surface area contributed by atoms with Crippen LogP contribution in [0, 0.1) is 0 Å². The van der Waals surface area contributed by atoms with Crippen molar-refractivity contribution in [1.82, 2.24) is 0 Å². The van der Waals surface area contributed by atoms with Gasteiger partial charge < -0.3 is 18.8 Å². The zero-order valence-electron chi connectivity index (χ0n) is 15.0. The number of hydrogen-bond donors (Lipinski definition) is 2. The molecule has 0 amide bonds. The van der Waals surface area contributed by atoms with E-state index in [-0.39, 0.29) is 19.7 Å². The van der Waals surface area contributed by atoms with E-state index in [2.05, 4.69) is 29.5 Å². The van der Waals surface area contributed by atoms with Gasteiger partial charge in [0.05, 0.1) is 13.2 Å². The first-order chi connectivity index (χ1) is 10.2. The van der Waals surface area contributed by atoms with E-state index in [0.717, 1.165) is 6.42 Å². The smallest absolute Gasteiger partial charge is 0.324 e. The van der Waals surface area contributed by atoms with Crippen molar-refractivity contribution in [2.24, 2.45) is 0 Å². The van der Waals surface area contributed by atoms with E-state index in [1.54, 1.807) is 6.92 Å². The predicted molar refractivity (Wildman–Crippen MR) is 113 cm³/mol. The summed E-state index contributed by atoms with van der Waals surface area (Å²) < 4.78 is 32.9. The van der Waals surface area contributed by atoms with Gasteiger partial charge in [-0.3, -0.25) is 9.13 Å². The molecule has 0 aliphatic heterocycles. The Balaban J connectivity index is -0.000000130. The van der Waals surface area contributed by atoms with Crippen molar-refractivity contribution in [1.29, 1.82) is 0 Å². The Morgan fingerprint density at radius 1 is 0.826 bits per heavy atom. The quantitative estimate of drug-likeness (QED) is 0.253. The summed E-state index contributed by atoms with van der Waals surface area (Å²) >= 11 is 2.35. The first kappa shape index (κ1) is 32.1. The van der Waals surface area contributed by atoms with Crippen LogP contribution in [0.1, 0.15) is 53.9 Å². The molecular weight excluding hydrogens is 473 g/mol. The second kappa shape index (κ2) is 21.4. The molecule has 0 heterocycles. The molecule has 0 atom stereocenters. The Hall–Kier alpha value is 1.38. The first-order valence-electron chi connectivity index (χ1n) is 7.64. The molecule has 0 aromatic carbocycles. The molecule has 2 N–H and O–H groups in total. The maximum atomic E-state index is 11.6. The van der Waals surface area contributed by atoms with Gasteiger partial charge in [0.2, 0.25) is 0 Å². The highest BCUT2D eigenvalue weighted by molar-refractivity contribution is 14.1. The van der Waals surface area contributed by atoms with E-state index in [0.29, 0.717) is 25.8 Å². The largest absolute Gasteiger partial charge is 0.330 e. The van der Waals surface area contributed by atoms with Crippen LogP contribution in [0.4, 0.5) is 0 Å². The van der Waals surface area contributed by atoms with Crippen molar-refractivity contribution in [3.63, 3.8) is 0 Å². The Morgan fingerprint density at radius 2 is 1.17 bits per heavy atom. The molecular formula is C13H35IO6P2S. The Kier molecular flexibility index (Phi) is 29.9. The highest BCUT2D eigenvalue weighted by Gasteiger charge is 2.21. The number of rotatable bonds is 9. The van der Waals surface area contributed by atoms with E-state index in [4.69, 9.17) is 18.8 Å². The van der Waals surface area contributed by atoms with Crippen LogP contribution in [0.25, 0.3) is 0 Å². The van der Waals surface area contributed by atoms with E-state index < -0.39 is 15.2 Å². The summed E-state index contributed by atoms with van der Waals surface area (Å²) in [5, 5.41) is 0. The lowest BCUT2D eigenvalue weighted by Crippen LogP contribution is -1.98. The van der Waals surface area contributed by atoms with Crippen molar-refractivity contribution in [2.45, 2.75) is 53.9 Å². The molecule has 0 aliphatic rings. The minimum absolute atomic E-state index is 0. The van der Waals surface area contributed by atoms with Crippen LogP contribution in [0.2, 0.25) is 0 Å². The van der Waals surface area contributed by atoms with Crippen LogP contribution < -0.4 is 0 Å². The van der Waals surface area contributed by atoms with E-state index in [9.17, 15) is 9.13 Å². The topological polar surface area (TPSA) is 93.1 Å². The van der Waals surface area contributed by atoms with E-state index in [1.807, 2.05) is 20.8 Å². The van der Waals surface area contributed by atoms with Gasteiger partial charge in [-0.1, -0.05) is 43.4 Å². The molecule has 0 unspecified atom stereocenters. The lowest BCUT2D eigenvalue weighted by Gasteiger charge is -2.15. The van der Waals surface area contributed by atoms with Gasteiger partial charge in [0.25, 0.3) is 0 Å². The SMILES string of the molecule is CCCI.CCCP(=O)(O)O.CCCP(=O)(OCC)OCC.S. The molecule has 0 saturated carbocycles. The fourth-order valence-corrected chi connectivity index (χ4v) is 3.37. The average Bonchev–Trinajstić information content (AvgIpc) is 2.39. The maximum Gasteiger partial charge on any atom is 0.330 e. The summed E-state index contributed by atoms with van der Waals surface area (Å²) in [6, 6.07) is 0. The lowest BCUT2D eigenvalue weighted by molar-refractivity contribution is 0.220. The van der Waals surface area contributed by atoms with Crippen LogP contribution >= 0.6 is 51.3 Å². The minimum atomic E-state index is -3.67. The third-order valence-corrected chi connectivity index (χ3v) is 6.26. The summed E-state index contributed by atoms with van der Waals surface area (Å²) in [4.78, 5) is 16.3. The molecule has 0 aliphatic carbocycles. The van der Waals surface area contributed by atoms with E-state index in [1.165, 1.54) is 10.8 Å². The van der Waals surface area contributed by atoms with Gasteiger partial charge in [0.1, 0.15) is 0 Å². The van der Waals surface area contributed by atoms with Gasteiger partial charge in [-0.25, -0.2) is 0 Å². The van der Waals surface area contributed by atoms with Gasteiger partial charge >= 0.3 is 15.2 Å². The van der Waals surface area contributed by atoms with Crippen LogP contribution in [-0.2, 0) is 18.2 Å². The Labute approximate surface area is 162 Å². The van der Waals surface area contributed by atoms with Crippen LogP contribution in [0.5, 0.6) is 0 Å². The normalized spacial score (nSPS) is 10.6. The fourth-order valence-electron chi connectivity index (χ4n) is 1.12. The van der Waals surface area contributed by atoms with Gasteiger partial charge in [-0.2, -0.15) is 13.5 Å². The number of hydrogen-bond acceptors (Lipinski definition) is 4. The van der Waals surface area contributed by atoms with Crippen molar-refractivity contribution in [3.8, 4) is 0 Å². The molecule has 146 valence electrons. The second-order valence-corrected chi connectivity index (χ2v) is 9.29. The van der Waals surface area contributed by atoms with Crippen LogP contribution in [0.3, 0.4) is 0 Å². The van der Waals surface area contributed by atoms with Crippen molar-refractivity contribution in [2.75, 3.05) is 30.0 Å². The van der Waals surface area contributed by atoms with Crippen LogP contribution in [0.15, 0.2) is 0 Å². The summed E-state index contributed by atoms with van der Waals surface area (Å²) in [5.74, 6) is 0. The zero-order chi connectivity index (χ0) is 18.1. The van der Waals surface area contributed by atoms with Gasteiger partial charge in [0, 0.05) is 12.3 Å². The first-order valence-corrected chi connectivity index (χ1v) is 12.7. The van der Waals surface area contributed by atoms with Crippen molar-refractivity contribution < 1.29 is 28.0 Å². The maximum absolute atomic E-state index is 11.6. The number of halogens is 1. The molecule has 23 heavy (non-hydrogen) atoms. The zero-order valence-corrected chi connectivity index (χ0v) is 19.9. The number of alkyl halides is 1. The van der Waals surface area contributed by atoms with E-state index >= 15 is 0 Å². The molecule has 0 aromatic rings. The summed E-state index contributed by atoms with van der Waals surface area (Å²) in [6.45, 7) is 10.4. The molecule has 0 rings (SSSR count). The summed E-state index contributed by atoms with van der Waals surface area (Å²) in [7, 11) is -6.39. The standard InChI is InChI=1S/C7H17O3P.C3H7I.C3H9O3P.H2S/c1-4-7-11(8,9-5-2)10-6-3;1-2-3-4;1-2-3-7(4,5)6;/h4-7H2,1-3H3;2-3H2,1H3;2-3H2,1H3,(H2,4,5,6);1H2. The highest BCUT2D eigenvalue weighted by Crippen LogP contribution is 2.48. The summed E-state index contributed by atoms with van der Waals surface area (Å²) in [6.07, 6.45) is 3.21. The minimum Gasteiger partial charge on any atom is -0.324 e. The molecule has 0 spiro atoms. The molecule has 6 nitrogen and oxygen atoms in total. The fraction of sp³-hybridized carbons (Fsp3) is 1.00. The molecule has 10 heteroatoms. The third kappa shape index (κ3) is 31.6. The predicted octanol–water partition coefficient (Wildman–Crippen LogP) is 5.18. The Morgan fingerprint density at radius 3 is 1.30 bits per heavy atom. The van der Waals surface area contributed by atoms with Crippen LogP contribution in [-0.4, -0.2) is 39.8 Å². The van der Waals surface area contributed by atoms with Gasteiger partial charge in [-0.15, -0.1) is 0 Å². The Bertz CT molecular complexity index is 289. The molecule has 0 saturated heterocycles. The second-order valence-electron chi connectivity index (χ2n) is 4.25. The lowest BCUT2D eigenvalue weighted by atomic mass is 10.6. The highest BCUT2D eigenvalue weighted by atomic mass is 127.